The Balaban J connectivity index is 2.16. The van der Waals surface area contributed by atoms with Gasteiger partial charge in [0.25, 0.3) is 5.91 Å². The molecule has 6 nitrogen and oxygen atoms in total. The number of aryl methyl sites for hydroxylation is 1. The van der Waals surface area contributed by atoms with Crippen LogP contribution in [-0.2, 0) is 9.53 Å². The molecule has 2 rings (SSSR count). The predicted octanol–water partition coefficient (Wildman–Crippen LogP) is 3.25. The van der Waals surface area contributed by atoms with Crippen molar-refractivity contribution >= 4 is 11.9 Å². The Morgan fingerprint density at radius 1 is 1.08 bits per heavy atom. The molecule has 0 saturated heterocycles. The molecule has 1 aliphatic carbocycles. The molecule has 1 aliphatic rings. The molecule has 0 radical (unpaired) electrons. The minimum Gasteiger partial charge on any atom is -0.493 e. The van der Waals surface area contributed by atoms with Crippen molar-refractivity contribution in [2.75, 3.05) is 21.3 Å². The first-order valence-electron chi connectivity index (χ1n) is 9.11. The first-order valence-corrected chi connectivity index (χ1v) is 9.11. The average molecular weight is 363 g/mol. The standard InChI is InChI=1S/C20H29NO5/c1-13-10-17(24-2)18(25-3)12-15(13)19(22)21-16(20(23)26-4)11-14-8-6-5-7-9-14/h10,12,14,16H,5-9,11H2,1-4H3,(H,21,22)/t16-/m0/s1. The highest BCUT2D eigenvalue weighted by molar-refractivity contribution is 5.98. The van der Waals surface area contributed by atoms with Gasteiger partial charge in [-0.05, 0) is 37.0 Å². The van der Waals surface area contributed by atoms with E-state index in [0.717, 1.165) is 18.4 Å². The zero-order valence-corrected chi connectivity index (χ0v) is 16.1. The molecule has 0 heterocycles. The van der Waals surface area contributed by atoms with E-state index < -0.39 is 12.0 Å². The molecule has 1 aromatic rings. The van der Waals surface area contributed by atoms with E-state index >= 15 is 0 Å². The van der Waals surface area contributed by atoms with Gasteiger partial charge in [0.05, 0.1) is 21.3 Å². The van der Waals surface area contributed by atoms with Gasteiger partial charge in [0, 0.05) is 5.56 Å². The maximum Gasteiger partial charge on any atom is 0.328 e. The summed E-state index contributed by atoms with van der Waals surface area (Å²) in [6.45, 7) is 1.82. The van der Waals surface area contributed by atoms with E-state index in [4.69, 9.17) is 14.2 Å². The van der Waals surface area contributed by atoms with E-state index in [2.05, 4.69) is 5.32 Å². The van der Waals surface area contributed by atoms with Gasteiger partial charge in [-0.2, -0.15) is 0 Å². The summed E-state index contributed by atoms with van der Waals surface area (Å²) in [6.07, 6.45) is 6.42. The van der Waals surface area contributed by atoms with E-state index in [1.807, 2.05) is 6.92 Å². The van der Waals surface area contributed by atoms with Gasteiger partial charge in [-0.25, -0.2) is 4.79 Å². The summed E-state index contributed by atoms with van der Waals surface area (Å²) in [6, 6.07) is 2.75. The SMILES string of the molecule is COC(=O)[C@H](CC1CCCCC1)NC(=O)c1cc(OC)c(OC)cc1C. The predicted molar refractivity (Wildman–Crippen MR) is 98.7 cm³/mol. The Morgan fingerprint density at radius 2 is 1.69 bits per heavy atom. The molecule has 1 atom stereocenters. The van der Waals surface area contributed by atoms with Gasteiger partial charge in [-0.15, -0.1) is 0 Å². The van der Waals surface area contributed by atoms with Gasteiger partial charge < -0.3 is 19.5 Å². The second-order valence-electron chi connectivity index (χ2n) is 6.81. The second-order valence-corrected chi connectivity index (χ2v) is 6.81. The first-order chi connectivity index (χ1) is 12.5. The molecule has 1 N–H and O–H groups in total. The molecule has 0 unspecified atom stereocenters. The van der Waals surface area contributed by atoms with Crippen LogP contribution in [-0.4, -0.2) is 39.2 Å². The van der Waals surface area contributed by atoms with Crippen LogP contribution in [0.3, 0.4) is 0 Å². The van der Waals surface area contributed by atoms with Crippen LogP contribution in [0.1, 0.15) is 54.4 Å². The maximum absolute atomic E-state index is 12.8. The third-order valence-electron chi connectivity index (χ3n) is 5.06. The molecule has 1 aromatic carbocycles. The van der Waals surface area contributed by atoms with Crippen molar-refractivity contribution in [3.8, 4) is 11.5 Å². The van der Waals surface area contributed by atoms with Gasteiger partial charge >= 0.3 is 5.97 Å². The minimum atomic E-state index is -0.636. The number of amides is 1. The van der Waals surface area contributed by atoms with Crippen LogP contribution in [0.5, 0.6) is 11.5 Å². The number of carbonyl (C=O) groups excluding carboxylic acids is 2. The number of hydrogen-bond acceptors (Lipinski definition) is 5. The van der Waals surface area contributed by atoms with Gasteiger partial charge in [-0.3, -0.25) is 4.79 Å². The van der Waals surface area contributed by atoms with Crippen LogP contribution >= 0.6 is 0 Å². The van der Waals surface area contributed by atoms with Crippen molar-refractivity contribution in [1.82, 2.24) is 5.32 Å². The fourth-order valence-electron chi connectivity index (χ4n) is 3.57. The highest BCUT2D eigenvalue weighted by Gasteiger charge is 2.27. The minimum absolute atomic E-state index is 0.310. The van der Waals surface area contributed by atoms with Crippen molar-refractivity contribution in [2.24, 2.45) is 5.92 Å². The van der Waals surface area contributed by atoms with Crippen molar-refractivity contribution in [1.29, 1.82) is 0 Å². The van der Waals surface area contributed by atoms with Gasteiger partial charge in [0.2, 0.25) is 0 Å². The van der Waals surface area contributed by atoms with Crippen molar-refractivity contribution in [2.45, 2.75) is 51.5 Å². The molecule has 1 fully saturated rings. The molecular weight excluding hydrogens is 334 g/mol. The maximum atomic E-state index is 12.8. The molecule has 26 heavy (non-hydrogen) atoms. The molecule has 1 amide bonds. The summed E-state index contributed by atoms with van der Waals surface area (Å²) in [5.41, 5.74) is 1.21. The quantitative estimate of drug-likeness (QED) is 0.753. The summed E-state index contributed by atoms with van der Waals surface area (Å²) >= 11 is 0. The molecular formula is C20H29NO5. The molecule has 0 aliphatic heterocycles. The number of nitrogens with one attached hydrogen (secondary N) is 1. The lowest BCUT2D eigenvalue weighted by atomic mass is 9.84. The Bertz CT molecular complexity index is 637. The van der Waals surface area contributed by atoms with E-state index in [1.165, 1.54) is 33.5 Å². The van der Waals surface area contributed by atoms with Gasteiger partial charge in [0.15, 0.2) is 11.5 Å². The fourth-order valence-corrected chi connectivity index (χ4v) is 3.57. The number of benzene rings is 1. The van der Waals surface area contributed by atoms with Crippen LogP contribution in [0, 0.1) is 12.8 Å². The number of rotatable bonds is 7. The molecule has 6 heteroatoms. The summed E-state index contributed by atoms with van der Waals surface area (Å²) in [5, 5.41) is 2.85. The van der Waals surface area contributed by atoms with E-state index in [1.54, 1.807) is 19.2 Å². The molecule has 0 aromatic heterocycles. The molecule has 144 valence electrons. The third-order valence-corrected chi connectivity index (χ3v) is 5.06. The topological polar surface area (TPSA) is 73.9 Å². The van der Waals surface area contributed by atoms with E-state index in [9.17, 15) is 9.59 Å². The number of methoxy groups -OCH3 is 3. The Hall–Kier alpha value is -2.24. The first kappa shape index (κ1) is 20.1. The van der Waals surface area contributed by atoms with Crippen LogP contribution in [0.25, 0.3) is 0 Å². The lowest BCUT2D eigenvalue weighted by Crippen LogP contribution is -2.43. The van der Waals surface area contributed by atoms with Crippen molar-refractivity contribution in [3.63, 3.8) is 0 Å². The van der Waals surface area contributed by atoms with E-state index in [0.29, 0.717) is 29.4 Å². The van der Waals surface area contributed by atoms with Crippen molar-refractivity contribution < 1.29 is 23.8 Å². The highest BCUT2D eigenvalue weighted by Crippen LogP contribution is 2.31. The number of esters is 1. The fraction of sp³-hybridized carbons (Fsp3) is 0.600. The third kappa shape index (κ3) is 4.90. The van der Waals surface area contributed by atoms with Crippen LogP contribution in [0.15, 0.2) is 12.1 Å². The summed E-state index contributed by atoms with van der Waals surface area (Å²) in [5.74, 6) is 0.773. The molecule has 0 spiro atoms. The average Bonchev–Trinajstić information content (AvgIpc) is 2.67. The summed E-state index contributed by atoms with van der Waals surface area (Å²) in [4.78, 5) is 25.0. The van der Waals surface area contributed by atoms with E-state index in [-0.39, 0.29) is 5.91 Å². The zero-order valence-electron chi connectivity index (χ0n) is 16.1. The second kappa shape index (κ2) is 9.46. The summed E-state index contributed by atoms with van der Waals surface area (Å²) < 4.78 is 15.4. The molecule has 1 saturated carbocycles. The monoisotopic (exact) mass is 363 g/mol. The molecule has 0 bridgehead atoms. The largest absolute Gasteiger partial charge is 0.493 e. The van der Waals surface area contributed by atoms with Crippen LogP contribution in [0.4, 0.5) is 0 Å². The number of ether oxygens (including phenoxy) is 3. The van der Waals surface area contributed by atoms with Crippen LogP contribution < -0.4 is 14.8 Å². The smallest absolute Gasteiger partial charge is 0.328 e. The normalized spacial score (nSPS) is 15.8. The number of hydrogen-bond donors (Lipinski definition) is 1. The zero-order chi connectivity index (χ0) is 19.1. The Morgan fingerprint density at radius 3 is 2.27 bits per heavy atom. The summed E-state index contributed by atoms with van der Waals surface area (Å²) in [7, 11) is 4.42. The highest BCUT2D eigenvalue weighted by atomic mass is 16.5. The lowest BCUT2D eigenvalue weighted by Gasteiger charge is -2.26. The lowest BCUT2D eigenvalue weighted by molar-refractivity contribution is -0.143. The van der Waals surface area contributed by atoms with Crippen molar-refractivity contribution in [3.05, 3.63) is 23.3 Å². The van der Waals surface area contributed by atoms with Gasteiger partial charge in [0.1, 0.15) is 6.04 Å². The van der Waals surface area contributed by atoms with Gasteiger partial charge in [-0.1, -0.05) is 32.1 Å². The Kier molecular flexibility index (Phi) is 7.30. The Labute approximate surface area is 155 Å². The number of carbonyl (C=O) groups is 2. The van der Waals surface area contributed by atoms with Crippen LogP contribution in [0.2, 0.25) is 0 Å².